The van der Waals surface area contributed by atoms with Gasteiger partial charge in [0.15, 0.2) is 0 Å². The molecule has 0 heterocycles. The Morgan fingerprint density at radius 2 is 1.85 bits per heavy atom. The minimum absolute atomic E-state index is 0.0634. The van der Waals surface area contributed by atoms with E-state index in [2.05, 4.69) is 0 Å². The molecule has 0 aliphatic rings. The molecule has 0 aliphatic heterocycles. The molecule has 0 bridgehead atoms. The Labute approximate surface area is 86.1 Å². The highest BCUT2D eigenvalue weighted by molar-refractivity contribution is 6.35. The second-order valence-corrected chi connectivity index (χ2v) is 3.89. The summed E-state index contributed by atoms with van der Waals surface area (Å²) in [6, 6.07) is 1.19. The summed E-state index contributed by atoms with van der Waals surface area (Å²) in [5.41, 5.74) is 0.164. The van der Waals surface area contributed by atoms with Gasteiger partial charge < -0.3 is 5.11 Å². The van der Waals surface area contributed by atoms with Crippen LogP contribution in [0.4, 0.5) is 4.39 Å². The highest BCUT2D eigenvalue weighted by Gasteiger charge is 2.18. The quantitative estimate of drug-likeness (QED) is 0.714. The van der Waals surface area contributed by atoms with Crippen molar-refractivity contribution in [1.82, 2.24) is 0 Å². The molecule has 0 fully saturated rings. The molecule has 4 heteroatoms. The molecule has 0 aliphatic carbocycles. The largest absolute Gasteiger partial charge is 0.506 e. The SMILES string of the molecule is CC(C)c1c(O)c(Cl)cc(Cl)c1F. The van der Waals surface area contributed by atoms with Gasteiger partial charge in [0.1, 0.15) is 11.6 Å². The van der Waals surface area contributed by atoms with Gasteiger partial charge in [-0.1, -0.05) is 37.0 Å². The van der Waals surface area contributed by atoms with Gasteiger partial charge >= 0.3 is 0 Å². The van der Waals surface area contributed by atoms with Gasteiger partial charge in [0.25, 0.3) is 0 Å². The molecule has 0 spiro atoms. The summed E-state index contributed by atoms with van der Waals surface area (Å²) in [7, 11) is 0. The van der Waals surface area contributed by atoms with Crippen LogP contribution in [-0.2, 0) is 0 Å². The van der Waals surface area contributed by atoms with Crippen molar-refractivity contribution >= 4 is 23.2 Å². The Kier molecular flexibility index (Phi) is 3.04. The monoisotopic (exact) mass is 222 g/mol. The molecular weight excluding hydrogens is 214 g/mol. The lowest BCUT2D eigenvalue weighted by atomic mass is 10.0. The van der Waals surface area contributed by atoms with Crippen LogP contribution >= 0.6 is 23.2 Å². The fourth-order valence-corrected chi connectivity index (χ4v) is 1.61. The van der Waals surface area contributed by atoms with Crippen molar-refractivity contribution in [3.8, 4) is 5.75 Å². The van der Waals surface area contributed by atoms with Gasteiger partial charge in [0.2, 0.25) is 0 Å². The maximum atomic E-state index is 13.3. The number of hydrogen-bond donors (Lipinski definition) is 1. The van der Waals surface area contributed by atoms with Crippen LogP contribution in [0.25, 0.3) is 0 Å². The van der Waals surface area contributed by atoms with E-state index in [9.17, 15) is 9.50 Å². The molecule has 1 N–H and O–H groups in total. The second kappa shape index (κ2) is 3.72. The first-order chi connectivity index (χ1) is 5.95. The third-order valence-electron chi connectivity index (χ3n) is 1.76. The Hall–Kier alpha value is -0.470. The molecule has 0 atom stereocenters. The molecule has 0 aromatic heterocycles. The highest BCUT2D eigenvalue weighted by atomic mass is 35.5. The number of aromatic hydroxyl groups is 1. The normalized spacial score (nSPS) is 10.9. The molecule has 13 heavy (non-hydrogen) atoms. The van der Waals surface area contributed by atoms with E-state index < -0.39 is 5.82 Å². The summed E-state index contributed by atoms with van der Waals surface area (Å²) in [6.07, 6.45) is 0. The van der Waals surface area contributed by atoms with Crippen molar-refractivity contribution in [2.75, 3.05) is 0 Å². The average molecular weight is 223 g/mol. The number of rotatable bonds is 1. The van der Waals surface area contributed by atoms with Crippen LogP contribution < -0.4 is 0 Å². The molecule has 0 amide bonds. The van der Waals surface area contributed by atoms with E-state index in [-0.39, 0.29) is 27.3 Å². The van der Waals surface area contributed by atoms with Crippen molar-refractivity contribution < 1.29 is 9.50 Å². The van der Waals surface area contributed by atoms with Crippen molar-refractivity contribution in [1.29, 1.82) is 0 Å². The van der Waals surface area contributed by atoms with Gasteiger partial charge in [-0.05, 0) is 12.0 Å². The molecule has 1 aromatic rings. The Morgan fingerprint density at radius 1 is 1.31 bits per heavy atom. The molecule has 1 rings (SSSR count). The molecular formula is C9H9Cl2FO. The lowest BCUT2D eigenvalue weighted by molar-refractivity contribution is 0.454. The molecule has 1 aromatic carbocycles. The Bertz CT molecular complexity index is 311. The van der Waals surface area contributed by atoms with Crippen LogP contribution in [0.3, 0.4) is 0 Å². The van der Waals surface area contributed by atoms with E-state index in [0.29, 0.717) is 0 Å². The molecule has 0 radical (unpaired) electrons. The predicted molar refractivity (Wildman–Crippen MR) is 52.2 cm³/mol. The minimum Gasteiger partial charge on any atom is -0.506 e. The van der Waals surface area contributed by atoms with Gasteiger partial charge in [-0.2, -0.15) is 0 Å². The van der Waals surface area contributed by atoms with Crippen LogP contribution in [0.1, 0.15) is 25.3 Å². The first-order valence-electron chi connectivity index (χ1n) is 3.81. The van der Waals surface area contributed by atoms with E-state index >= 15 is 0 Å². The standard InChI is InChI=1S/C9H9Cl2FO/c1-4(2)7-8(12)5(10)3-6(11)9(7)13/h3-4,13H,1-2H3. The zero-order valence-corrected chi connectivity index (χ0v) is 8.75. The number of benzene rings is 1. The van der Waals surface area contributed by atoms with Crippen LogP contribution in [-0.4, -0.2) is 5.11 Å². The number of hydrogen-bond acceptors (Lipinski definition) is 1. The highest BCUT2D eigenvalue weighted by Crippen LogP contribution is 2.38. The van der Waals surface area contributed by atoms with E-state index in [4.69, 9.17) is 23.2 Å². The van der Waals surface area contributed by atoms with E-state index in [1.54, 1.807) is 13.8 Å². The van der Waals surface area contributed by atoms with Crippen LogP contribution in [0, 0.1) is 5.82 Å². The summed E-state index contributed by atoms with van der Waals surface area (Å²) < 4.78 is 13.3. The first kappa shape index (κ1) is 10.6. The topological polar surface area (TPSA) is 20.2 Å². The average Bonchev–Trinajstić information content (AvgIpc) is 2.01. The Morgan fingerprint density at radius 3 is 2.31 bits per heavy atom. The first-order valence-corrected chi connectivity index (χ1v) is 4.57. The maximum Gasteiger partial charge on any atom is 0.149 e. The lowest BCUT2D eigenvalue weighted by Crippen LogP contribution is -1.95. The van der Waals surface area contributed by atoms with Crippen LogP contribution in [0.2, 0.25) is 10.0 Å². The molecule has 1 nitrogen and oxygen atoms in total. The molecule has 0 saturated heterocycles. The zero-order chi connectivity index (χ0) is 10.2. The lowest BCUT2D eigenvalue weighted by Gasteiger charge is -2.11. The summed E-state index contributed by atoms with van der Waals surface area (Å²) in [6.45, 7) is 3.51. The fraction of sp³-hybridized carbons (Fsp3) is 0.333. The molecule has 0 unspecified atom stereocenters. The smallest absolute Gasteiger partial charge is 0.149 e. The van der Waals surface area contributed by atoms with E-state index in [1.165, 1.54) is 6.07 Å². The van der Waals surface area contributed by atoms with Gasteiger partial charge in [0, 0.05) is 5.56 Å². The van der Waals surface area contributed by atoms with Crippen molar-refractivity contribution in [3.05, 3.63) is 27.5 Å². The summed E-state index contributed by atoms with van der Waals surface area (Å²) in [5.74, 6) is -0.978. The summed E-state index contributed by atoms with van der Waals surface area (Å²) in [4.78, 5) is 0. The predicted octanol–water partition coefficient (Wildman–Crippen LogP) is 3.96. The molecule has 72 valence electrons. The number of halogens is 3. The number of phenols is 1. The van der Waals surface area contributed by atoms with Crippen LogP contribution in [0.15, 0.2) is 6.07 Å². The van der Waals surface area contributed by atoms with Crippen LogP contribution in [0.5, 0.6) is 5.75 Å². The third-order valence-corrected chi connectivity index (χ3v) is 2.32. The van der Waals surface area contributed by atoms with Gasteiger partial charge in [-0.25, -0.2) is 4.39 Å². The summed E-state index contributed by atoms with van der Waals surface area (Å²) in [5, 5.41) is 9.46. The Balaban J connectivity index is 3.46. The van der Waals surface area contributed by atoms with Crippen molar-refractivity contribution in [2.45, 2.75) is 19.8 Å². The van der Waals surface area contributed by atoms with Crippen molar-refractivity contribution in [3.63, 3.8) is 0 Å². The van der Waals surface area contributed by atoms with E-state index in [1.807, 2.05) is 0 Å². The van der Waals surface area contributed by atoms with E-state index in [0.717, 1.165) is 0 Å². The number of phenolic OH excluding ortho intramolecular Hbond substituents is 1. The summed E-state index contributed by atoms with van der Waals surface area (Å²) >= 11 is 11.2. The van der Waals surface area contributed by atoms with Gasteiger partial charge in [0.05, 0.1) is 10.0 Å². The maximum absolute atomic E-state index is 13.3. The minimum atomic E-state index is -0.599. The zero-order valence-electron chi connectivity index (χ0n) is 7.24. The van der Waals surface area contributed by atoms with Gasteiger partial charge in [-0.3, -0.25) is 0 Å². The van der Waals surface area contributed by atoms with Gasteiger partial charge in [-0.15, -0.1) is 0 Å². The fourth-order valence-electron chi connectivity index (χ4n) is 1.13. The third kappa shape index (κ3) is 1.89. The molecule has 0 saturated carbocycles. The van der Waals surface area contributed by atoms with Crippen molar-refractivity contribution in [2.24, 2.45) is 0 Å². The second-order valence-electron chi connectivity index (χ2n) is 3.07.